The molecule has 0 unspecified atom stereocenters. The Labute approximate surface area is 78.0 Å². The van der Waals surface area contributed by atoms with E-state index < -0.39 is 5.60 Å². The first-order valence-corrected chi connectivity index (χ1v) is 4.78. The second-order valence-electron chi connectivity index (χ2n) is 4.35. The van der Waals surface area contributed by atoms with Crippen molar-refractivity contribution < 1.29 is 9.90 Å². The van der Waals surface area contributed by atoms with Crippen LogP contribution >= 0.6 is 0 Å². The molecule has 1 aliphatic carbocycles. The van der Waals surface area contributed by atoms with Crippen LogP contribution in [-0.2, 0) is 4.79 Å². The SMILES string of the molecule is CC1(O)CN(C(=O)C=C2CCC2)C1. The van der Waals surface area contributed by atoms with Crippen molar-refractivity contribution in [2.75, 3.05) is 13.1 Å². The summed E-state index contributed by atoms with van der Waals surface area (Å²) in [5, 5.41) is 9.42. The van der Waals surface area contributed by atoms with Gasteiger partial charge in [0.15, 0.2) is 0 Å². The monoisotopic (exact) mass is 181 g/mol. The quantitative estimate of drug-likeness (QED) is 0.605. The molecule has 3 heteroatoms. The van der Waals surface area contributed by atoms with Crippen LogP contribution in [0.2, 0.25) is 0 Å². The Balaban J connectivity index is 1.86. The molecule has 0 aromatic carbocycles. The van der Waals surface area contributed by atoms with Crippen LogP contribution in [0.1, 0.15) is 26.2 Å². The second kappa shape index (κ2) is 2.84. The second-order valence-corrected chi connectivity index (χ2v) is 4.35. The van der Waals surface area contributed by atoms with Crippen LogP contribution in [-0.4, -0.2) is 34.6 Å². The lowest BCUT2D eigenvalue weighted by Crippen LogP contribution is -2.61. The van der Waals surface area contributed by atoms with Crippen molar-refractivity contribution in [1.82, 2.24) is 4.90 Å². The molecular formula is C10H15NO2. The van der Waals surface area contributed by atoms with E-state index in [0.717, 1.165) is 12.8 Å². The van der Waals surface area contributed by atoms with Crippen LogP contribution in [0.3, 0.4) is 0 Å². The van der Waals surface area contributed by atoms with Gasteiger partial charge in [0.1, 0.15) is 0 Å². The lowest BCUT2D eigenvalue weighted by Gasteiger charge is -2.43. The molecule has 0 spiro atoms. The van der Waals surface area contributed by atoms with Crippen LogP contribution in [0, 0.1) is 0 Å². The Hall–Kier alpha value is -0.830. The van der Waals surface area contributed by atoms with Gasteiger partial charge in [-0.15, -0.1) is 0 Å². The Morgan fingerprint density at radius 3 is 2.54 bits per heavy atom. The van der Waals surface area contributed by atoms with Gasteiger partial charge in [-0.25, -0.2) is 0 Å². The average molecular weight is 181 g/mol. The van der Waals surface area contributed by atoms with Gasteiger partial charge in [-0.3, -0.25) is 4.79 Å². The number of allylic oxidation sites excluding steroid dienone is 1. The fourth-order valence-corrected chi connectivity index (χ4v) is 1.72. The Morgan fingerprint density at radius 2 is 2.15 bits per heavy atom. The summed E-state index contributed by atoms with van der Waals surface area (Å²) >= 11 is 0. The fraction of sp³-hybridized carbons (Fsp3) is 0.700. The normalized spacial score (nSPS) is 24.8. The van der Waals surface area contributed by atoms with Gasteiger partial charge in [-0.05, 0) is 26.2 Å². The summed E-state index contributed by atoms with van der Waals surface area (Å²) in [6.45, 7) is 2.72. The number of rotatable bonds is 1. The summed E-state index contributed by atoms with van der Waals surface area (Å²) in [6.07, 6.45) is 5.11. The van der Waals surface area contributed by atoms with E-state index in [4.69, 9.17) is 0 Å². The number of β-amino-alcohol motifs (C(OH)–C–C–N with tert-alkyl or cyclic N) is 1. The van der Waals surface area contributed by atoms with Crippen LogP contribution in [0.4, 0.5) is 0 Å². The third kappa shape index (κ3) is 1.75. The van der Waals surface area contributed by atoms with Gasteiger partial charge >= 0.3 is 0 Å². The van der Waals surface area contributed by atoms with Gasteiger partial charge in [0, 0.05) is 6.08 Å². The van der Waals surface area contributed by atoms with Gasteiger partial charge in [-0.2, -0.15) is 0 Å². The lowest BCUT2D eigenvalue weighted by atomic mass is 9.91. The number of nitrogens with zero attached hydrogens (tertiary/aromatic N) is 1. The van der Waals surface area contributed by atoms with Gasteiger partial charge in [0.05, 0.1) is 18.7 Å². The molecule has 1 aliphatic heterocycles. The Morgan fingerprint density at radius 1 is 1.54 bits per heavy atom. The molecule has 0 atom stereocenters. The van der Waals surface area contributed by atoms with E-state index in [9.17, 15) is 9.90 Å². The molecule has 1 amide bonds. The van der Waals surface area contributed by atoms with Crippen LogP contribution in [0.15, 0.2) is 11.6 Å². The minimum atomic E-state index is -0.645. The average Bonchev–Trinajstić information content (AvgIpc) is 1.91. The molecule has 2 fully saturated rings. The summed E-state index contributed by atoms with van der Waals surface area (Å²) < 4.78 is 0. The maximum Gasteiger partial charge on any atom is 0.246 e. The predicted octanol–water partition coefficient (Wildman–Crippen LogP) is 0.690. The highest BCUT2D eigenvalue weighted by atomic mass is 16.3. The zero-order chi connectivity index (χ0) is 9.47. The van der Waals surface area contributed by atoms with Crippen molar-refractivity contribution in [3.05, 3.63) is 11.6 Å². The number of carbonyl (C=O) groups excluding carboxylic acids is 1. The first-order chi connectivity index (χ1) is 6.07. The molecule has 13 heavy (non-hydrogen) atoms. The number of amides is 1. The molecule has 0 bridgehead atoms. The summed E-state index contributed by atoms with van der Waals surface area (Å²) in [7, 11) is 0. The number of hydrogen-bond donors (Lipinski definition) is 1. The van der Waals surface area contributed by atoms with E-state index in [1.54, 1.807) is 17.9 Å². The van der Waals surface area contributed by atoms with Gasteiger partial charge in [0.2, 0.25) is 5.91 Å². The molecule has 1 saturated heterocycles. The summed E-state index contributed by atoms with van der Waals surface area (Å²) in [5.41, 5.74) is 0.616. The number of likely N-dealkylation sites (tertiary alicyclic amines) is 1. The van der Waals surface area contributed by atoms with Gasteiger partial charge in [-0.1, -0.05) is 5.57 Å². The fourth-order valence-electron chi connectivity index (χ4n) is 1.72. The summed E-state index contributed by atoms with van der Waals surface area (Å²) in [5.74, 6) is 0.0706. The molecule has 72 valence electrons. The highest BCUT2D eigenvalue weighted by molar-refractivity contribution is 5.89. The first kappa shape index (κ1) is 8.75. The van der Waals surface area contributed by atoms with Crippen molar-refractivity contribution in [2.45, 2.75) is 31.8 Å². The third-order valence-electron chi connectivity index (χ3n) is 2.70. The van der Waals surface area contributed by atoms with Crippen LogP contribution in [0.5, 0.6) is 0 Å². The van der Waals surface area contributed by atoms with Crippen molar-refractivity contribution in [2.24, 2.45) is 0 Å². The number of hydrogen-bond acceptors (Lipinski definition) is 2. The van der Waals surface area contributed by atoms with E-state index in [2.05, 4.69) is 0 Å². The molecule has 0 aromatic rings. The van der Waals surface area contributed by atoms with E-state index in [1.165, 1.54) is 12.0 Å². The highest BCUT2D eigenvalue weighted by Gasteiger charge is 2.38. The van der Waals surface area contributed by atoms with E-state index in [-0.39, 0.29) is 5.91 Å². The minimum absolute atomic E-state index is 0.0706. The predicted molar refractivity (Wildman–Crippen MR) is 49.1 cm³/mol. The van der Waals surface area contributed by atoms with Crippen LogP contribution < -0.4 is 0 Å². The molecule has 0 radical (unpaired) electrons. The van der Waals surface area contributed by atoms with Gasteiger partial charge in [0.25, 0.3) is 0 Å². The molecule has 0 aromatic heterocycles. The number of aliphatic hydroxyl groups is 1. The Bertz CT molecular complexity index is 254. The molecular weight excluding hydrogens is 166 g/mol. The first-order valence-electron chi connectivity index (χ1n) is 4.78. The van der Waals surface area contributed by atoms with Crippen molar-refractivity contribution >= 4 is 5.91 Å². The maximum absolute atomic E-state index is 11.5. The number of carbonyl (C=O) groups is 1. The molecule has 1 N–H and O–H groups in total. The zero-order valence-corrected chi connectivity index (χ0v) is 7.92. The van der Waals surface area contributed by atoms with Gasteiger partial charge < -0.3 is 10.0 Å². The summed E-state index contributed by atoms with van der Waals surface area (Å²) in [4.78, 5) is 13.1. The zero-order valence-electron chi connectivity index (χ0n) is 7.92. The van der Waals surface area contributed by atoms with E-state index >= 15 is 0 Å². The van der Waals surface area contributed by atoms with E-state index in [0.29, 0.717) is 13.1 Å². The topological polar surface area (TPSA) is 40.5 Å². The Kier molecular flexibility index (Phi) is 1.91. The van der Waals surface area contributed by atoms with E-state index in [1.807, 2.05) is 0 Å². The standard InChI is InChI=1S/C10H15NO2/c1-10(13)6-11(7-10)9(12)5-8-3-2-4-8/h5,13H,2-4,6-7H2,1H3. The van der Waals surface area contributed by atoms with Crippen molar-refractivity contribution in [3.63, 3.8) is 0 Å². The van der Waals surface area contributed by atoms with Crippen molar-refractivity contribution in [3.8, 4) is 0 Å². The molecule has 1 saturated carbocycles. The van der Waals surface area contributed by atoms with Crippen LogP contribution in [0.25, 0.3) is 0 Å². The lowest BCUT2D eigenvalue weighted by molar-refractivity contribution is -0.147. The third-order valence-corrected chi connectivity index (χ3v) is 2.70. The molecule has 2 rings (SSSR count). The minimum Gasteiger partial charge on any atom is -0.386 e. The maximum atomic E-state index is 11.5. The highest BCUT2D eigenvalue weighted by Crippen LogP contribution is 2.26. The molecule has 1 heterocycles. The van der Waals surface area contributed by atoms with Crippen molar-refractivity contribution in [1.29, 1.82) is 0 Å². The largest absolute Gasteiger partial charge is 0.386 e. The summed E-state index contributed by atoms with van der Waals surface area (Å²) in [6, 6.07) is 0. The molecule has 2 aliphatic rings. The molecule has 3 nitrogen and oxygen atoms in total. The smallest absolute Gasteiger partial charge is 0.246 e.